The first-order chi connectivity index (χ1) is 11.8. The Kier molecular flexibility index (Phi) is 4.44. The van der Waals surface area contributed by atoms with Crippen molar-refractivity contribution in [1.82, 2.24) is 25.3 Å². The predicted molar refractivity (Wildman–Crippen MR) is 89.4 cm³/mol. The number of hydrogen-bond donors (Lipinski definition) is 1. The molecule has 0 bridgehead atoms. The molecule has 24 heavy (non-hydrogen) atoms. The van der Waals surface area contributed by atoms with E-state index in [9.17, 15) is 4.79 Å². The van der Waals surface area contributed by atoms with E-state index in [0.717, 1.165) is 36.8 Å². The van der Waals surface area contributed by atoms with Gasteiger partial charge < -0.3 is 15.0 Å². The highest BCUT2D eigenvalue weighted by Crippen LogP contribution is 2.19. The van der Waals surface area contributed by atoms with E-state index in [1.165, 1.54) is 17.8 Å². The molecule has 0 aliphatic carbocycles. The van der Waals surface area contributed by atoms with Crippen LogP contribution in [0.5, 0.6) is 0 Å². The summed E-state index contributed by atoms with van der Waals surface area (Å²) in [5.74, 6) is -0.131. The third kappa shape index (κ3) is 3.27. The van der Waals surface area contributed by atoms with Gasteiger partial charge in [-0.15, -0.1) is 10.2 Å². The van der Waals surface area contributed by atoms with Crippen LogP contribution in [0.3, 0.4) is 0 Å². The molecule has 2 aromatic rings. The van der Waals surface area contributed by atoms with Gasteiger partial charge in [0, 0.05) is 31.9 Å². The standard InChI is InChI=1S/C15H20N6O2S/c22-14(13-7-11-3-1-2-4-21(11)19-13)16-8-12-9-20(5-6-23-12)15-18-17-10-24-15/h7,10,12H,1-6,8-9H2,(H,16,22). The molecule has 128 valence electrons. The summed E-state index contributed by atoms with van der Waals surface area (Å²) in [6.07, 6.45) is 3.25. The first-order valence-electron chi connectivity index (χ1n) is 8.27. The van der Waals surface area contributed by atoms with Crippen molar-refractivity contribution in [3.05, 3.63) is 23.0 Å². The summed E-state index contributed by atoms with van der Waals surface area (Å²) in [6, 6.07) is 1.91. The van der Waals surface area contributed by atoms with Crippen LogP contribution in [0.1, 0.15) is 29.0 Å². The average molecular weight is 348 g/mol. The first-order valence-corrected chi connectivity index (χ1v) is 9.15. The molecule has 0 spiro atoms. The van der Waals surface area contributed by atoms with Crippen molar-refractivity contribution in [2.75, 3.05) is 31.1 Å². The second-order valence-corrected chi connectivity index (χ2v) is 6.88. The van der Waals surface area contributed by atoms with E-state index in [0.29, 0.717) is 25.4 Å². The van der Waals surface area contributed by atoms with E-state index in [-0.39, 0.29) is 12.0 Å². The number of anilines is 1. The minimum absolute atomic E-state index is 0.0520. The molecule has 8 nitrogen and oxygen atoms in total. The summed E-state index contributed by atoms with van der Waals surface area (Å²) in [4.78, 5) is 14.5. The topological polar surface area (TPSA) is 85.2 Å². The van der Waals surface area contributed by atoms with Gasteiger partial charge in [0.05, 0.1) is 12.7 Å². The average Bonchev–Trinajstić information content (AvgIpc) is 3.29. The predicted octanol–water partition coefficient (Wildman–Crippen LogP) is 0.706. The zero-order valence-electron chi connectivity index (χ0n) is 13.3. The smallest absolute Gasteiger partial charge is 0.271 e. The van der Waals surface area contributed by atoms with Gasteiger partial charge in [0.1, 0.15) is 11.2 Å². The molecule has 2 aromatic heterocycles. The fourth-order valence-electron chi connectivity index (χ4n) is 3.15. The molecular weight excluding hydrogens is 328 g/mol. The van der Waals surface area contributed by atoms with E-state index in [2.05, 4.69) is 25.5 Å². The number of carbonyl (C=O) groups excluding carboxylic acids is 1. The van der Waals surface area contributed by atoms with Crippen molar-refractivity contribution < 1.29 is 9.53 Å². The van der Waals surface area contributed by atoms with Crippen molar-refractivity contribution in [2.24, 2.45) is 0 Å². The summed E-state index contributed by atoms with van der Waals surface area (Å²) in [6.45, 7) is 3.50. The third-order valence-corrected chi connectivity index (χ3v) is 5.15. The van der Waals surface area contributed by atoms with E-state index in [1.807, 2.05) is 10.7 Å². The highest BCUT2D eigenvalue weighted by molar-refractivity contribution is 7.13. The first kappa shape index (κ1) is 15.5. The van der Waals surface area contributed by atoms with Crippen LogP contribution < -0.4 is 10.2 Å². The Hall–Kier alpha value is -2.00. The summed E-state index contributed by atoms with van der Waals surface area (Å²) in [5.41, 5.74) is 3.38. The van der Waals surface area contributed by atoms with E-state index >= 15 is 0 Å². The van der Waals surface area contributed by atoms with Crippen molar-refractivity contribution in [1.29, 1.82) is 0 Å². The number of aryl methyl sites for hydroxylation is 2. The Bertz CT molecular complexity index is 677. The second kappa shape index (κ2) is 6.86. The Morgan fingerprint density at radius 2 is 2.38 bits per heavy atom. The maximum atomic E-state index is 12.3. The molecule has 4 rings (SSSR count). The number of ether oxygens (including phenoxy) is 1. The van der Waals surface area contributed by atoms with Crippen LogP contribution in [0.4, 0.5) is 5.13 Å². The van der Waals surface area contributed by atoms with Crippen molar-refractivity contribution in [3.63, 3.8) is 0 Å². The second-order valence-electron chi connectivity index (χ2n) is 6.07. The molecule has 2 aliphatic rings. The molecule has 1 atom stereocenters. The minimum Gasteiger partial charge on any atom is -0.373 e. The molecule has 4 heterocycles. The lowest BCUT2D eigenvalue weighted by molar-refractivity contribution is 0.0396. The van der Waals surface area contributed by atoms with E-state index < -0.39 is 0 Å². The van der Waals surface area contributed by atoms with Gasteiger partial charge in [0.15, 0.2) is 0 Å². The molecule has 1 unspecified atom stereocenters. The Morgan fingerprint density at radius 3 is 3.21 bits per heavy atom. The van der Waals surface area contributed by atoms with E-state index in [1.54, 1.807) is 5.51 Å². The minimum atomic E-state index is -0.131. The van der Waals surface area contributed by atoms with Gasteiger partial charge in [0.2, 0.25) is 5.13 Å². The number of nitrogens with one attached hydrogen (secondary N) is 1. The van der Waals surface area contributed by atoms with Crippen LogP contribution >= 0.6 is 11.3 Å². The highest BCUT2D eigenvalue weighted by atomic mass is 32.1. The number of rotatable bonds is 4. The van der Waals surface area contributed by atoms with Crippen LogP contribution in [0.25, 0.3) is 0 Å². The summed E-state index contributed by atoms with van der Waals surface area (Å²) < 4.78 is 7.70. The molecule has 9 heteroatoms. The Morgan fingerprint density at radius 1 is 1.42 bits per heavy atom. The van der Waals surface area contributed by atoms with Gasteiger partial charge in [0.25, 0.3) is 5.91 Å². The summed E-state index contributed by atoms with van der Waals surface area (Å²) in [5, 5.41) is 16.2. The molecule has 1 N–H and O–H groups in total. The van der Waals surface area contributed by atoms with E-state index in [4.69, 9.17) is 4.74 Å². The zero-order chi connectivity index (χ0) is 16.4. The summed E-state index contributed by atoms with van der Waals surface area (Å²) >= 11 is 1.52. The van der Waals surface area contributed by atoms with Gasteiger partial charge in [-0.2, -0.15) is 5.10 Å². The van der Waals surface area contributed by atoms with Crippen LogP contribution in [0.15, 0.2) is 11.6 Å². The highest BCUT2D eigenvalue weighted by Gasteiger charge is 2.24. The molecule has 0 aromatic carbocycles. The zero-order valence-corrected chi connectivity index (χ0v) is 14.2. The lowest BCUT2D eigenvalue weighted by Gasteiger charge is -2.32. The number of aromatic nitrogens is 4. The van der Waals surface area contributed by atoms with Crippen molar-refractivity contribution >= 4 is 22.4 Å². The van der Waals surface area contributed by atoms with Crippen LogP contribution in [-0.2, 0) is 17.7 Å². The quantitative estimate of drug-likeness (QED) is 0.876. The van der Waals surface area contributed by atoms with Gasteiger partial charge in [-0.05, 0) is 25.3 Å². The number of amides is 1. The number of nitrogens with zero attached hydrogens (tertiary/aromatic N) is 5. The lowest BCUT2D eigenvalue weighted by atomic mass is 10.1. The molecule has 2 aliphatic heterocycles. The van der Waals surface area contributed by atoms with Crippen molar-refractivity contribution in [2.45, 2.75) is 31.9 Å². The van der Waals surface area contributed by atoms with Gasteiger partial charge >= 0.3 is 0 Å². The van der Waals surface area contributed by atoms with Crippen molar-refractivity contribution in [3.8, 4) is 0 Å². The fourth-order valence-corrected chi connectivity index (χ4v) is 3.75. The fraction of sp³-hybridized carbons (Fsp3) is 0.600. The molecular formula is C15H20N6O2S. The molecule has 1 fully saturated rings. The molecule has 1 saturated heterocycles. The monoisotopic (exact) mass is 348 g/mol. The SMILES string of the molecule is O=C(NCC1CN(c2nncs2)CCO1)c1cc2n(n1)CCCC2. The number of fused-ring (bicyclic) bond motifs is 1. The number of morpholine rings is 1. The Balaban J connectivity index is 1.32. The van der Waals surface area contributed by atoms with Gasteiger partial charge in [-0.25, -0.2) is 0 Å². The van der Waals surface area contributed by atoms with Crippen LogP contribution in [0.2, 0.25) is 0 Å². The Labute approximate surface area is 143 Å². The summed E-state index contributed by atoms with van der Waals surface area (Å²) in [7, 11) is 0. The molecule has 1 amide bonds. The number of carbonyl (C=O) groups is 1. The maximum Gasteiger partial charge on any atom is 0.271 e. The maximum absolute atomic E-state index is 12.3. The van der Waals surface area contributed by atoms with Gasteiger partial charge in [-0.3, -0.25) is 9.48 Å². The lowest BCUT2D eigenvalue weighted by Crippen LogP contribution is -2.47. The molecule has 0 radical (unpaired) electrons. The number of hydrogen-bond acceptors (Lipinski definition) is 7. The molecule has 0 saturated carbocycles. The third-order valence-electron chi connectivity index (χ3n) is 4.40. The largest absolute Gasteiger partial charge is 0.373 e. The van der Waals surface area contributed by atoms with Crippen LogP contribution in [0, 0.1) is 0 Å². The van der Waals surface area contributed by atoms with Gasteiger partial charge in [-0.1, -0.05) is 11.3 Å². The normalized spacial score (nSPS) is 20.7. The van der Waals surface area contributed by atoms with Crippen LogP contribution in [-0.4, -0.2) is 58.2 Å².